The van der Waals surface area contributed by atoms with Crippen molar-refractivity contribution in [3.05, 3.63) is 102 Å². The number of ether oxygens (including phenoxy) is 2. The maximum atomic E-state index is 13.8. The van der Waals surface area contributed by atoms with Crippen molar-refractivity contribution in [1.82, 2.24) is 14.6 Å². The molecule has 10 heteroatoms. The number of hydrogen-bond acceptors (Lipinski definition) is 7. The Morgan fingerprint density at radius 2 is 1.60 bits per heavy atom. The summed E-state index contributed by atoms with van der Waals surface area (Å²) in [6.07, 6.45) is 2.82. The van der Waals surface area contributed by atoms with Gasteiger partial charge in [0.2, 0.25) is 0 Å². The third-order valence-corrected chi connectivity index (χ3v) is 7.74. The number of hydrogen-bond donors (Lipinski definition) is 1. The average Bonchev–Trinajstić information content (AvgIpc) is 3.33. The molecule has 3 aromatic carbocycles. The van der Waals surface area contributed by atoms with Gasteiger partial charge in [0, 0.05) is 24.2 Å². The molecule has 0 saturated heterocycles. The Balaban J connectivity index is 1.48. The number of carbonyl (C=O) groups excluding carboxylic acids is 1. The molecule has 1 N–H and O–H groups in total. The summed E-state index contributed by atoms with van der Waals surface area (Å²) in [7, 11) is 1.75. The van der Waals surface area contributed by atoms with E-state index in [2.05, 4.69) is 9.99 Å². The van der Waals surface area contributed by atoms with Gasteiger partial charge in [0.1, 0.15) is 25.6 Å². The fourth-order valence-electron chi connectivity index (χ4n) is 4.08. The van der Waals surface area contributed by atoms with Crippen molar-refractivity contribution in [2.75, 3.05) is 34.3 Å². The van der Waals surface area contributed by atoms with Crippen molar-refractivity contribution in [1.29, 1.82) is 0 Å². The van der Waals surface area contributed by atoms with Crippen molar-refractivity contribution in [2.45, 2.75) is 26.4 Å². The average molecular weight is 566 g/mol. The van der Waals surface area contributed by atoms with E-state index in [0.717, 1.165) is 40.6 Å². The molecule has 0 radical (unpaired) electrons. The van der Waals surface area contributed by atoms with Gasteiger partial charge in [0.15, 0.2) is 0 Å². The fraction of sp³-hybridized carbons (Fsp3) is 0.300. The number of nitrogens with one attached hydrogen (secondary N) is 1. The molecule has 0 spiro atoms. The Labute approximate surface area is 235 Å². The topological polar surface area (TPSA) is 91.3 Å². The highest BCUT2D eigenvalue weighted by molar-refractivity contribution is 7.51. The van der Waals surface area contributed by atoms with E-state index < -0.39 is 13.7 Å². The lowest BCUT2D eigenvalue weighted by atomic mass is 10.1. The minimum absolute atomic E-state index is 0.0402. The highest BCUT2D eigenvalue weighted by atomic mass is 31.2. The van der Waals surface area contributed by atoms with Crippen LogP contribution in [0.2, 0.25) is 0 Å². The van der Waals surface area contributed by atoms with Gasteiger partial charge in [-0.05, 0) is 49.3 Å². The van der Waals surface area contributed by atoms with Crippen LogP contribution in [0, 0.1) is 0 Å². The highest BCUT2D eigenvalue weighted by Gasteiger charge is 2.27. The van der Waals surface area contributed by atoms with Crippen LogP contribution >= 0.6 is 7.75 Å². The zero-order valence-electron chi connectivity index (χ0n) is 23.1. The Kier molecular flexibility index (Phi) is 10.5. The molecule has 0 aliphatic carbocycles. The van der Waals surface area contributed by atoms with Gasteiger partial charge in [0.25, 0.3) is 0 Å². The van der Waals surface area contributed by atoms with Gasteiger partial charge in [-0.15, -0.1) is 0 Å². The zero-order chi connectivity index (χ0) is 28.4. The fourth-order valence-corrected chi connectivity index (χ4v) is 5.25. The molecule has 0 bridgehead atoms. The van der Waals surface area contributed by atoms with Crippen LogP contribution in [0.3, 0.4) is 0 Å². The molecule has 1 atom stereocenters. The van der Waals surface area contributed by atoms with E-state index in [1.807, 2.05) is 104 Å². The lowest BCUT2D eigenvalue weighted by Crippen LogP contribution is -2.24. The summed E-state index contributed by atoms with van der Waals surface area (Å²) in [5.41, 5.74) is 3.69. The SMILES string of the molecule is COc1ccc2c(CCN(C)C)cn(COP(=O)(NCC(=O)OCc3ccccc3)OCc3ccccc3)c2c1. The lowest BCUT2D eigenvalue weighted by Gasteiger charge is -2.20. The number of esters is 1. The Bertz CT molecular complexity index is 1430. The van der Waals surface area contributed by atoms with Gasteiger partial charge >= 0.3 is 13.7 Å². The van der Waals surface area contributed by atoms with Gasteiger partial charge in [-0.1, -0.05) is 60.7 Å². The minimum Gasteiger partial charge on any atom is -0.497 e. The third kappa shape index (κ3) is 8.52. The Hall–Kier alpha value is -3.46. The van der Waals surface area contributed by atoms with E-state index in [9.17, 15) is 9.36 Å². The summed E-state index contributed by atoms with van der Waals surface area (Å²) >= 11 is 0. The first-order valence-corrected chi connectivity index (χ1v) is 14.6. The van der Waals surface area contributed by atoms with Crippen LogP contribution in [-0.2, 0) is 49.5 Å². The largest absolute Gasteiger partial charge is 0.497 e. The molecule has 0 amide bonds. The number of fused-ring (bicyclic) bond motifs is 1. The van der Waals surface area contributed by atoms with Crippen LogP contribution in [-0.4, -0.2) is 49.7 Å². The molecule has 212 valence electrons. The van der Waals surface area contributed by atoms with Crippen LogP contribution in [0.4, 0.5) is 0 Å². The number of rotatable bonds is 15. The minimum atomic E-state index is -3.93. The number of benzene rings is 3. The predicted molar refractivity (Wildman–Crippen MR) is 155 cm³/mol. The molecule has 40 heavy (non-hydrogen) atoms. The molecule has 0 fully saturated rings. The first kappa shape index (κ1) is 29.5. The maximum Gasteiger partial charge on any atom is 0.408 e. The van der Waals surface area contributed by atoms with E-state index in [-0.39, 0.29) is 26.5 Å². The van der Waals surface area contributed by atoms with Crippen LogP contribution < -0.4 is 9.82 Å². The summed E-state index contributed by atoms with van der Waals surface area (Å²) in [4.78, 5) is 14.6. The van der Waals surface area contributed by atoms with Crippen molar-refractivity contribution < 1.29 is 27.9 Å². The van der Waals surface area contributed by atoms with E-state index >= 15 is 0 Å². The molecule has 9 nitrogen and oxygen atoms in total. The van der Waals surface area contributed by atoms with E-state index in [0.29, 0.717) is 5.75 Å². The van der Waals surface area contributed by atoms with E-state index in [1.165, 1.54) is 0 Å². The summed E-state index contributed by atoms with van der Waals surface area (Å²) in [5, 5.41) is 3.74. The number of likely N-dealkylation sites (N-methyl/N-ethyl adjacent to an activating group) is 1. The van der Waals surface area contributed by atoms with Crippen molar-refractivity contribution in [3.63, 3.8) is 0 Å². The standard InChI is InChI=1S/C30H36N3O6P/c1-32(2)17-16-26-20-33(29-18-27(36-3)14-15-28(26)29)23-39-40(35,38-22-25-12-8-5-9-13-25)31-19-30(34)37-21-24-10-6-4-7-11-24/h4-15,18,20H,16-17,19,21-23H2,1-3H3,(H,31,35). The first-order chi connectivity index (χ1) is 19.3. The number of aromatic nitrogens is 1. The molecule has 1 aromatic heterocycles. The first-order valence-electron chi connectivity index (χ1n) is 13.0. The monoisotopic (exact) mass is 565 g/mol. The van der Waals surface area contributed by atoms with E-state index in [1.54, 1.807) is 7.11 Å². The highest BCUT2D eigenvalue weighted by Crippen LogP contribution is 2.45. The summed E-state index contributed by atoms with van der Waals surface area (Å²) in [6.45, 7) is 0.622. The van der Waals surface area contributed by atoms with Crippen LogP contribution in [0.15, 0.2) is 85.1 Å². The third-order valence-electron chi connectivity index (χ3n) is 6.27. The van der Waals surface area contributed by atoms with Gasteiger partial charge < -0.3 is 18.9 Å². The second-order valence-electron chi connectivity index (χ2n) is 9.56. The second kappa shape index (κ2) is 14.3. The number of carbonyl (C=O) groups is 1. The van der Waals surface area contributed by atoms with Gasteiger partial charge in [-0.2, -0.15) is 0 Å². The van der Waals surface area contributed by atoms with Crippen LogP contribution in [0.1, 0.15) is 16.7 Å². The molecule has 0 saturated carbocycles. The normalized spacial score (nSPS) is 12.9. The summed E-state index contributed by atoms with van der Waals surface area (Å²) in [5.74, 6) is 0.131. The molecule has 1 heterocycles. The quantitative estimate of drug-likeness (QED) is 0.152. The van der Waals surface area contributed by atoms with Crippen molar-refractivity contribution in [3.8, 4) is 5.75 Å². The van der Waals surface area contributed by atoms with Crippen LogP contribution in [0.25, 0.3) is 10.9 Å². The Morgan fingerprint density at radius 3 is 2.25 bits per heavy atom. The van der Waals surface area contributed by atoms with Gasteiger partial charge in [0.05, 0.1) is 19.2 Å². The van der Waals surface area contributed by atoms with Crippen molar-refractivity contribution >= 4 is 24.6 Å². The predicted octanol–water partition coefficient (Wildman–Crippen LogP) is 5.39. The molecular formula is C30H36N3O6P. The van der Waals surface area contributed by atoms with Gasteiger partial charge in [-0.25, -0.2) is 9.65 Å². The van der Waals surface area contributed by atoms with Crippen molar-refractivity contribution in [2.24, 2.45) is 0 Å². The molecule has 4 aromatic rings. The lowest BCUT2D eigenvalue weighted by molar-refractivity contribution is -0.143. The summed E-state index contributed by atoms with van der Waals surface area (Å²) in [6, 6.07) is 24.6. The molecule has 4 rings (SSSR count). The molecular weight excluding hydrogens is 529 g/mol. The molecule has 1 unspecified atom stereocenters. The smallest absolute Gasteiger partial charge is 0.408 e. The second-order valence-corrected chi connectivity index (χ2v) is 11.4. The van der Waals surface area contributed by atoms with Gasteiger partial charge in [-0.3, -0.25) is 13.8 Å². The maximum absolute atomic E-state index is 13.8. The molecule has 0 aliphatic rings. The molecule has 0 aliphatic heterocycles. The van der Waals surface area contributed by atoms with E-state index in [4.69, 9.17) is 18.5 Å². The number of nitrogens with zero attached hydrogens (tertiary/aromatic N) is 2. The number of methoxy groups -OCH3 is 1. The Morgan fingerprint density at radius 1 is 0.925 bits per heavy atom. The summed E-state index contributed by atoms with van der Waals surface area (Å²) < 4.78 is 38.1. The zero-order valence-corrected chi connectivity index (χ0v) is 24.0. The van der Waals surface area contributed by atoms with Crippen LogP contribution in [0.5, 0.6) is 5.75 Å².